The minimum absolute atomic E-state index is 0.287. The minimum Gasteiger partial charge on any atom is -0.312 e. The first-order chi connectivity index (χ1) is 7.19. The Morgan fingerprint density at radius 2 is 2.20 bits per heavy atom. The van der Waals surface area contributed by atoms with Gasteiger partial charge in [-0.3, -0.25) is 0 Å². The van der Waals surface area contributed by atoms with Crippen molar-refractivity contribution < 1.29 is 0 Å². The Kier molecular flexibility index (Phi) is 4.68. The van der Waals surface area contributed by atoms with E-state index in [-0.39, 0.29) is 6.04 Å². The molecule has 0 spiro atoms. The summed E-state index contributed by atoms with van der Waals surface area (Å²) < 4.78 is 0. The van der Waals surface area contributed by atoms with Gasteiger partial charge in [-0.1, -0.05) is 17.7 Å². The fourth-order valence-corrected chi connectivity index (χ4v) is 1.83. The van der Waals surface area contributed by atoms with Crippen LogP contribution >= 0.6 is 11.6 Å². The number of benzene rings is 1. The third-order valence-electron chi connectivity index (χ3n) is 2.44. The predicted octanol–water partition coefficient (Wildman–Crippen LogP) is 3.32. The number of hydrogen-bond acceptors (Lipinski definition) is 1. The van der Waals surface area contributed by atoms with Gasteiger partial charge in [0, 0.05) is 17.5 Å². The molecule has 0 saturated carbocycles. The number of halogens is 1. The summed E-state index contributed by atoms with van der Waals surface area (Å²) in [6.07, 6.45) is 0.829. The van der Waals surface area contributed by atoms with Crippen molar-refractivity contribution in [3.63, 3.8) is 0 Å². The highest BCUT2D eigenvalue weighted by molar-refractivity contribution is 6.30. The molecular weight excluding hydrogens is 206 g/mol. The SMILES string of the molecule is CC#CCC(NC)c1ccc(Cl)cc1C. The summed E-state index contributed by atoms with van der Waals surface area (Å²) in [7, 11) is 1.95. The second kappa shape index (κ2) is 5.80. The van der Waals surface area contributed by atoms with Crippen molar-refractivity contribution in [2.75, 3.05) is 7.05 Å². The number of hydrogen-bond donors (Lipinski definition) is 1. The van der Waals surface area contributed by atoms with Gasteiger partial charge in [-0.25, -0.2) is 0 Å². The fourth-order valence-electron chi connectivity index (χ4n) is 1.60. The molecule has 0 radical (unpaired) electrons. The normalized spacial score (nSPS) is 11.7. The number of rotatable bonds is 3. The third kappa shape index (κ3) is 3.27. The van der Waals surface area contributed by atoms with Gasteiger partial charge in [0.05, 0.1) is 0 Å². The van der Waals surface area contributed by atoms with Gasteiger partial charge < -0.3 is 5.32 Å². The molecule has 15 heavy (non-hydrogen) atoms. The maximum Gasteiger partial charge on any atom is 0.0431 e. The Morgan fingerprint density at radius 3 is 2.73 bits per heavy atom. The summed E-state index contributed by atoms with van der Waals surface area (Å²) in [5.41, 5.74) is 2.48. The van der Waals surface area contributed by atoms with Crippen molar-refractivity contribution in [1.82, 2.24) is 5.32 Å². The van der Waals surface area contributed by atoms with E-state index in [2.05, 4.69) is 30.1 Å². The molecule has 1 atom stereocenters. The zero-order chi connectivity index (χ0) is 11.3. The minimum atomic E-state index is 0.287. The average molecular weight is 222 g/mol. The molecule has 80 valence electrons. The third-order valence-corrected chi connectivity index (χ3v) is 2.67. The molecule has 2 heteroatoms. The van der Waals surface area contributed by atoms with Gasteiger partial charge in [0.1, 0.15) is 0 Å². The van der Waals surface area contributed by atoms with Gasteiger partial charge in [-0.05, 0) is 44.2 Å². The lowest BCUT2D eigenvalue weighted by atomic mass is 9.99. The van der Waals surface area contributed by atoms with Gasteiger partial charge in [0.2, 0.25) is 0 Å². The van der Waals surface area contributed by atoms with E-state index in [4.69, 9.17) is 11.6 Å². The van der Waals surface area contributed by atoms with E-state index in [1.807, 2.05) is 26.1 Å². The van der Waals surface area contributed by atoms with E-state index in [0.717, 1.165) is 11.4 Å². The molecule has 0 aliphatic rings. The Hall–Kier alpha value is -0.970. The summed E-state index contributed by atoms with van der Waals surface area (Å²) in [6, 6.07) is 6.26. The van der Waals surface area contributed by atoms with Crippen molar-refractivity contribution in [3.05, 3.63) is 34.3 Å². The van der Waals surface area contributed by atoms with E-state index < -0.39 is 0 Å². The van der Waals surface area contributed by atoms with E-state index in [1.54, 1.807) is 0 Å². The van der Waals surface area contributed by atoms with Crippen LogP contribution in [-0.2, 0) is 0 Å². The van der Waals surface area contributed by atoms with E-state index in [9.17, 15) is 0 Å². The van der Waals surface area contributed by atoms with Crippen LogP contribution in [0.3, 0.4) is 0 Å². The van der Waals surface area contributed by atoms with Crippen molar-refractivity contribution in [1.29, 1.82) is 0 Å². The van der Waals surface area contributed by atoms with Crippen LogP contribution < -0.4 is 5.32 Å². The van der Waals surface area contributed by atoms with E-state index >= 15 is 0 Å². The summed E-state index contributed by atoms with van der Waals surface area (Å²) in [6.45, 7) is 3.94. The lowest BCUT2D eigenvalue weighted by Gasteiger charge is -2.16. The quantitative estimate of drug-likeness (QED) is 0.773. The zero-order valence-corrected chi connectivity index (χ0v) is 10.2. The van der Waals surface area contributed by atoms with Crippen LogP contribution in [0.15, 0.2) is 18.2 Å². The largest absolute Gasteiger partial charge is 0.312 e. The van der Waals surface area contributed by atoms with Crippen LogP contribution in [0.2, 0.25) is 5.02 Å². The highest BCUT2D eigenvalue weighted by atomic mass is 35.5. The highest BCUT2D eigenvalue weighted by Crippen LogP contribution is 2.23. The topological polar surface area (TPSA) is 12.0 Å². The molecule has 1 unspecified atom stereocenters. The summed E-state index contributed by atoms with van der Waals surface area (Å²) in [4.78, 5) is 0. The van der Waals surface area contributed by atoms with Gasteiger partial charge in [-0.15, -0.1) is 11.8 Å². The maximum absolute atomic E-state index is 5.92. The number of aryl methyl sites for hydroxylation is 1. The summed E-state index contributed by atoms with van der Waals surface area (Å²) in [5, 5.41) is 4.05. The van der Waals surface area contributed by atoms with E-state index in [0.29, 0.717) is 0 Å². The predicted molar refractivity (Wildman–Crippen MR) is 66.1 cm³/mol. The van der Waals surface area contributed by atoms with Crippen LogP contribution in [0.25, 0.3) is 0 Å². The van der Waals surface area contributed by atoms with E-state index in [1.165, 1.54) is 11.1 Å². The summed E-state index contributed by atoms with van der Waals surface area (Å²) >= 11 is 5.92. The maximum atomic E-state index is 5.92. The molecule has 1 N–H and O–H groups in total. The molecule has 0 amide bonds. The lowest BCUT2D eigenvalue weighted by Crippen LogP contribution is -2.16. The molecule has 0 heterocycles. The molecule has 0 bridgehead atoms. The van der Waals surface area contributed by atoms with Crippen LogP contribution in [0.1, 0.15) is 30.5 Å². The second-order valence-electron chi connectivity index (χ2n) is 3.47. The van der Waals surface area contributed by atoms with Gasteiger partial charge in [-0.2, -0.15) is 0 Å². The zero-order valence-electron chi connectivity index (χ0n) is 9.39. The first-order valence-corrected chi connectivity index (χ1v) is 5.39. The van der Waals surface area contributed by atoms with Crippen molar-refractivity contribution in [2.45, 2.75) is 26.3 Å². The highest BCUT2D eigenvalue weighted by Gasteiger charge is 2.10. The molecule has 1 aromatic carbocycles. The molecule has 0 saturated heterocycles. The van der Waals surface area contributed by atoms with Crippen LogP contribution in [0, 0.1) is 18.8 Å². The Morgan fingerprint density at radius 1 is 1.47 bits per heavy atom. The van der Waals surface area contributed by atoms with Crippen molar-refractivity contribution >= 4 is 11.6 Å². The lowest BCUT2D eigenvalue weighted by molar-refractivity contribution is 0.608. The molecule has 1 aromatic rings. The summed E-state index contributed by atoms with van der Waals surface area (Å²) in [5.74, 6) is 6.01. The fraction of sp³-hybridized carbons (Fsp3) is 0.385. The van der Waals surface area contributed by atoms with Crippen LogP contribution in [0.4, 0.5) is 0 Å². The standard InChI is InChI=1S/C13H16ClN/c1-4-5-6-13(15-3)12-8-7-11(14)9-10(12)2/h7-9,13,15H,6H2,1-3H3. The molecule has 0 aliphatic carbocycles. The average Bonchev–Trinajstić information content (AvgIpc) is 2.21. The second-order valence-corrected chi connectivity index (χ2v) is 3.91. The molecule has 0 fully saturated rings. The molecule has 0 aromatic heterocycles. The monoisotopic (exact) mass is 221 g/mol. The smallest absolute Gasteiger partial charge is 0.0431 e. The van der Waals surface area contributed by atoms with Crippen molar-refractivity contribution in [2.24, 2.45) is 0 Å². The van der Waals surface area contributed by atoms with Crippen LogP contribution in [0.5, 0.6) is 0 Å². The van der Waals surface area contributed by atoms with Gasteiger partial charge in [0.25, 0.3) is 0 Å². The first-order valence-electron chi connectivity index (χ1n) is 5.02. The Labute approximate surface area is 96.8 Å². The van der Waals surface area contributed by atoms with Crippen molar-refractivity contribution in [3.8, 4) is 11.8 Å². The molecule has 1 nitrogen and oxygen atoms in total. The molecule has 1 rings (SSSR count). The van der Waals surface area contributed by atoms with Crippen LogP contribution in [-0.4, -0.2) is 7.05 Å². The number of nitrogens with one attached hydrogen (secondary N) is 1. The van der Waals surface area contributed by atoms with Gasteiger partial charge >= 0.3 is 0 Å². The first kappa shape index (κ1) is 12.1. The molecular formula is C13H16ClN. The van der Waals surface area contributed by atoms with Gasteiger partial charge in [0.15, 0.2) is 0 Å². The Bertz CT molecular complexity index is 387. The Balaban J connectivity index is 2.94. The molecule has 0 aliphatic heterocycles.